The zero-order chi connectivity index (χ0) is 11.2. The fourth-order valence-electron chi connectivity index (χ4n) is 2.73. The van der Waals surface area contributed by atoms with E-state index >= 15 is 0 Å². The molecular formula is C12H14F2N2. The molecule has 2 fully saturated rings. The number of halogens is 2. The van der Waals surface area contributed by atoms with Crippen molar-refractivity contribution in [1.82, 2.24) is 5.32 Å². The normalized spacial score (nSPS) is 22.5. The number of benzene rings is 1. The molecule has 2 heterocycles. The van der Waals surface area contributed by atoms with E-state index in [9.17, 15) is 8.78 Å². The highest BCUT2D eigenvalue weighted by atomic mass is 19.1. The van der Waals surface area contributed by atoms with Gasteiger partial charge >= 0.3 is 0 Å². The number of hydrogen-bond acceptors (Lipinski definition) is 2. The van der Waals surface area contributed by atoms with Gasteiger partial charge in [0, 0.05) is 36.8 Å². The van der Waals surface area contributed by atoms with Gasteiger partial charge in [0.25, 0.3) is 0 Å². The van der Waals surface area contributed by atoms with Crippen molar-refractivity contribution < 1.29 is 8.78 Å². The molecule has 4 heteroatoms. The highest BCUT2D eigenvalue weighted by molar-refractivity contribution is 5.50. The van der Waals surface area contributed by atoms with Crippen molar-refractivity contribution in [3.05, 3.63) is 29.8 Å². The second-order valence-electron chi connectivity index (χ2n) is 4.91. The third-order valence-electron chi connectivity index (χ3n) is 3.60. The van der Waals surface area contributed by atoms with Gasteiger partial charge in [0.05, 0.1) is 0 Å². The SMILES string of the molecule is Fc1cc(F)cc(N2CC3(CCNC3)C2)c1. The number of nitrogens with zero attached hydrogens (tertiary/aromatic N) is 1. The van der Waals surface area contributed by atoms with Gasteiger partial charge < -0.3 is 10.2 Å². The fraction of sp³-hybridized carbons (Fsp3) is 0.500. The van der Waals surface area contributed by atoms with Crippen LogP contribution in [0.1, 0.15) is 6.42 Å². The average Bonchev–Trinajstić information content (AvgIpc) is 2.61. The van der Waals surface area contributed by atoms with Crippen molar-refractivity contribution in [3.63, 3.8) is 0 Å². The maximum absolute atomic E-state index is 13.0. The molecule has 3 rings (SSSR count). The molecule has 0 bridgehead atoms. The Morgan fingerprint density at radius 2 is 1.81 bits per heavy atom. The molecule has 2 saturated heterocycles. The third-order valence-corrected chi connectivity index (χ3v) is 3.60. The largest absolute Gasteiger partial charge is 0.370 e. The Bertz CT molecular complexity index is 385. The van der Waals surface area contributed by atoms with Crippen molar-refractivity contribution in [2.45, 2.75) is 6.42 Å². The molecule has 2 aliphatic rings. The summed E-state index contributed by atoms with van der Waals surface area (Å²) in [4.78, 5) is 2.04. The van der Waals surface area contributed by atoms with E-state index in [2.05, 4.69) is 5.32 Å². The molecule has 0 aliphatic carbocycles. The minimum Gasteiger partial charge on any atom is -0.370 e. The topological polar surface area (TPSA) is 15.3 Å². The van der Waals surface area contributed by atoms with Gasteiger partial charge in [0.15, 0.2) is 0 Å². The van der Waals surface area contributed by atoms with Gasteiger partial charge in [-0.15, -0.1) is 0 Å². The summed E-state index contributed by atoms with van der Waals surface area (Å²) in [5, 5.41) is 3.33. The van der Waals surface area contributed by atoms with Crippen molar-refractivity contribution >= 4 is 5.69 Å². The molecular weight excluding hydrogens is 210 g/mol. The molecule has 1 spiro atoms. The molecule has 86 valence electrons. The van der Waals surface area contributed by atoms with Gasteiger partial charge in [-0.05, 0) is 25.1 Å². The van der Waals surface area contributed by atoms with Gasteiger partial charge in [-0.3, -0.25) is 0 Å². The van der Waals surface area contributed by atoms with E-state index in [-0.39, 0.29) is 0 Å². The number of hydrogen-bond donors (Lipinski definition) is 1. The van der Waals surface area contributed by atoms with E-state index in [1.807, 2.05) is 4.90 Å². The van der Waals surface area contributed by atoms with Crippen molar-refractivity contribution in [3.8, 4) is 0 Å². The molecule has 0 amide bonds. The molecule has 2 nitrogen and oxygen atoms in total. The van der Waals surface area contributed by atoms with E-state index in [0.717, 1.165) is 32.2 Å². The van der Waals surface area contributed by atoms with Gasteiger partial charge in [-0.2, -0.15) is 0 Å². The lowest BCUT2D eigenvalue weighted by molar-refractivity contribution is 0.243. The van der Waals surface area contributed by atoms with Crippen LogP contribution in [0.2, 0.25) is 0 Å². The van der Waals surface area contributed by atoms with Crippen molar-refractivity contribution in [2.75, 3.05) is 31.1 Å². The first kappa shape index (κ1) is 10.0. The highest BCUT2D eigenvalue weighted by Crippen LogP contribution is 2.39. The summed E-state index contributed by atoms with van der Waals surface area (Å²) in [6.07, 6.45) is 1.17. The number of anilines is 1. The Hall–Kier alpha value is -1.16. The molecule has 1 aromatic rings. The summed E-state index contributed by atoms with van der Waals surface area (Å²) in [5.74, 6) is -0.999. The van der Waals surface area contributed by atoms with E-state index in [4.69, 9.17) is 0 Å². The monoisotopic (exact) mass is 224 g/mol. The standard InChI is InChI=1S/C12H14F2N2/c13-9-3-10(14)5-11(4-9)16-7-12(8-16)1-2-15-6-12/h3-5,15H,1-2,6-8H2. The van der Waals surface area contributed by atoms with Gasteiger partial charge in [0.2, 0.25) is 0 Å². The van der Waals surface area contributed by atoms with E-state index < -0.39 is 11.6 Å². The van der Waals surface area contributed by atoms with Crippen LogP contribution in [0, 0.1) is 17.0 Å². The molecule has 1 N–H and O–H groups in total. The van der Waals surface area contributed by atoms with Crippen LogP contribution in [0.25, 0.3) is 0 Å². The van der Waals surface area contributed by atoms with Crippen molar-refractivity contribution in [2.24, 2.45) is 5.41 Å². The van der Waals surface area contributed by atoms with Gasteiger partial charge in [-0.25, -0.2) is 8.78 Å². The Morgan fingerprint density at radius 3 is 2.38 bits per heavy atom. The van der Waals surface area contributed by atoms with Crippen LogP contribution in [0.4, 0.5) is 14.5 Å². The molecule has 16 heavy (non-hydrogen) atoms. The predicted molar refractivity (Wildman–Crippen MR) is 58.5 cm³/mol. The molecule has 0 unspecified atom stereocenters. The van der Waals surface area contributed by atoms with Crippen molar-refractivity contribution in [1.29, 1.82) is 0 Å². The maximum Gasteiger partial charge on any atom is 0.128 e. The Labute approximate surface area is 93.3 Å². The fourth-order valence-corrected chi connectivity index (χ4v) is 2.73. The first-order chi connectivity index (χ1) is 7.67. The van der Waals surface area contributed by atoms with Crippen LogP contribution < -0.4 is 10.2 Å². The molecule has 0 aromatic heterocycles. The predicted octanol–water partition coefficient (Wildman–Crippen LogP) is 1.76. The van der Waals surface area contributed by atoms with E-state index in [1.165, 1.54) is 18.6 Å². The van der Waals surface area contributed by atoms with Crippen LogP contribution in [-0.2, 0) is 0 Å². The lowest BCUT2D eigenvalue weighted by Crippen LogP contribution is -2.57. The second-order valence-corrected chi connectivity index (χ2v) is 4.91. The van der Waals surface area contributed by atoms with Gasteiger partial charge in [-0.1, -0.05) is 0 Å². The smallest absolute Gasteiger partial charge is 0.128 e. The number of rotatable bonds is 1. The first-order valence-electron chi connectivity index (χ1n) is 5.59. The third kappa shape index (κ3) is 1.57. The summed E-state index contributed by atoms with van der Waals surface area (Å²) in [5.41, 5.74) is 1.01. The number of nitrogens with one attached hydrogen (secondary N) is 1. The Kier molecular flexibility index (Phi) is 2.14. The zero-order valence-electron chi connectivity index (χ0n) is 8.97. The summed E-state index contributed by atoms with van der Waals surface area (Å²) >= 11 is 0. The molecule has 2 aliphatic heterocycles. The molecule has 0 radical (unpaired) electrons. The Morgan fingerprint density at radius 1 is 1.12 bits per heavy atom. The van der Waals surface area contributed by atoms with Crippen LogP contribution >= 0.6 is 0 Å². The summed E-state index contributed by atoms with van der Waals surface area (Å²) in [6, 6.07) is 3.72. The maximum atomic E-state index is 13.0. The quantitative estimate of drug-likeness (QED) is 0.782. The molecule has 0 saturated carbocycles. The van der Waals surface area contributed by atoms with Gasteiger partial charge in [0.1, 0.15) is 11.6 Å². The minimum absolute atomic E-state index is 0.350. The highest BCUT2D eigenvalue weighted by Gasteiger charge is 2.44. The van der Waals surface area contributed by atoms with Crippen LogP contribution in [-0.4, -0.2) is 26.2 Å². The summed E-state index contributed by atoms with van der Waals surface area (Å²) in [6.45, 7) is 3.90. The van der Waals surface area contributed by atoms with Crippen LogP contribution in [0.3, 0.4) is 0 Å². The van der Waals surface area contributed by atoms with Crippen LogP contribution in [0.5, 0.6) is 0 Å². The van der Waals surface area contributed by atoms with Crippen LogP contribution in [0.15, 0.2) is 18.2 Å². The van der Waals surface area contributed by atoms with E-state index in [0.29, 0.717) is 11.1 Å². The first-order valence-corrected chi connectivity index (χ1v) is 5.59. The lowest BCUT2D eigenvalue weighted by atomic mass is 9.79. The average molecular weight is 224 g/mol. The summed E-state index contributed by atoms with van der Waals surface area (Å²) < 4.78 is 26.1. The lowest BCUT2D eigenvalue weighted by Gasteiger charge is -2.49. The Balaban J connectivity index is 1.75. The van der Waals surface area contributed by atoms with E-state index in [1.54, 1.807) is 0 Å². The second kappa shape index (κ2) is 3.42. The zero-order valence-corrected chi connectivity index (χ0v) is 8.97. The summed E-state index contributed by atoms with van der Waals surface area (Å²) in [7, 11) is 0. The minimum atomic E-state index is -0.500. The molecule has 1 aromatic carbocycles. The molecule has 0 atom stereocenters.